The van der Waals surface area contributed by atoms with Crippen molar-refractivity contribution < 1.29 is 23.9 Å². The Hall–Kier alpha value is -2.70. The summed E-state index contributed by atoms with van der Waals surface area (Å²) in [6, 6.07) is 6.70. The molecule has 2 heterocycles. The molecule has 30 heavy (non-hydrogen) atoms. The largest absolute Gasteiger partial charge is 0.456 e. The topological polar surface area (TPSA) is 84.0 Å². The van der Waals surface area contributed by atoms with E-state index in [0.717, 1.165) is 30.3 Å². The van der Waals surface area contributed by atoms with Gasteiger partial charge in [0.2, 0.25) is 0 Å². The van der Waals surface area contributed by atoms with Crippen LogP contribution in [0.1, 0.15) is 65.7 Å². The number of hydrogen-bond donors (Lipinski definition) is 0. The van der Waals surface area contributed by atoms with Crippen LogP contribution in [0, 0.1) is 11.8 Å². The summed E-state index contributed by atoms with van der Waals surface area (Å²) >= 11 is 0. The van der Waals surface area contributed by atoms with Gasteiger partial charge in [0, 0.05) is 26.1 Å². The minimum atomic E-state index is -0.479. The highest BCUT2D eigenvalue weighted by Gasteiger charge is 2.35. The number of carbonyl (C=O) groups is 4. The van der Waals surface area contributed by atoms with Gasteiger partial charge >= 0.3 is 5.97 Å². The normalized spacial score (nSPS) is 23.2. The van der Waals surface area contributed by atoms with Gasteiger partial charge in [0.05, 0.1) is 11.1 Å². The molecule has 2 aliphatic heterocycles. The first-order valence-corrected chi connectivity index (χ1v) is 10.9. The third-order valence-corrected chi connectivity index (χ3v) is 6.64. The van der Waals surface area contributed by atoms with Gasteiger partial charge in [-0.2, -0.15) is 0 Å². The van der Waals surface area contributed by atoms with E-state index in [0.29, 0.717) is 23.5 Å². The number of esters is 1. The van der Waals surface area contributed by atoms with Crippen molar-refractivity contribution in [1.29, 1.82) is 0 Å². The summed E-state index contributed by atoms with van der Waals surface area (Å²) in [6.45, 7) is 1.45. The van der Waals surface area contributed by atoms with Crippen molar-refractivity contribution in [2.75, 3.05) is 26.2 Å². The van der Waals surface area contributed by atoms with Crippen LogP contribution in [0.3, 0.4) is 0 Å². The summed E-state index contributed by atoms with van der Waals surface area (Å²) < 4.78 is 5.15. The first-order valence-electron chi connectivity index (χ1n) is 10.9. The molecule has 7 nitrogen and oxygen atoms in total. The van der Waals surface area contributed by atoms with E-state index >= 15 is 0 Å². The van der Waals surface area contributed by atoms with Crippen molar-refractivity contribution in [3.05, 3.63) is 35.4 Å². The standard InChI is InChI=1S/C23H28N2O5/c26-20(24-13-11-16-6-1-2-7-17(16)14-24)15-30-21(27)10-5-12-25-22(28)18-8-3-4-9-19(18)23(25)29/h3-4,8-9,16-17H,1-2,5-7,10-15H2/t16-,17+/m0/s1. The van der Waals surface area contributed by atoms with Gasteiger partial charge in [-0.3, -0.25) is 24.1 Å². The molecule has 1 aliphatic carbocycles. The molecule has 160 valence electrons. The molecule has 0 N–H and O–H groups in total. The number of benzene rings is 1. The minimum absolute atomic E-state index is 0.0609. The molecule has 3 amide bonds. The Morgan fingerprint density at radius 2 is 1.63 bits per heavy atom. The lowest BCUT2D eigenvalue weighted by Crippen LogP contribution is -2.46. The van der Waals surface area contributed by atoms with Gasteiger partial charge in [-0.25, -0.2) is 0 Å². The van der Waals surface area contributed by atoms with Gasteiger partial charge in [-0.15, -0.1) is 0 Å². The summed E-state index contributed by atoms with van der Waals surface area (Å²) in [5.74, 6) is 0.0649. The zero-order valence-electron chi connectivity index (χ0n) is 17.2. The minimum Gasteiger partial charge on any atom is -0.456 e. The quantitative estimate of drug-likeness (QED) is 0.530. The van der Waals surface area contributed by atoms with Gasteiger partial charge in [0.1, 0.15) is 0 Å². The monoisotopic (exact) mass is 412 g/mol. The smallest absolute Gasteiger partial charge is 0.306 e. The van der Waals surface area contributed by atoms with Crippen LogP contribution in [-0.4, -0.2) is 59.7 Å². The molecule has 4 rings (SSSR count). The van der Waals surface area contributed by atoms with Crippen molar-refractivity contribution in [2.45, 2.75) is 44.9 Å². The summed E-state index contributed by atoms with van der Waals surface area (Å²) in [6.07, 6.45) is 6.42. The lowest BCUT2D eigenvalue weighted by Gasteiger charge is -2.41. The predicted octanol–water partition coefficient (Wildman–Crippen LogP) is 2.64. The summed E-state index contributed by atoms with van der Waals surface area (Å²) in [5, 5.41) is 0. The third-order valence-electron chi connectivity index (χ3n) is 6.64. The zero-order chi connectivity index (χ0) is 21.1. The number of amides is 3. The van der Waals surface area contributed by atoms with Crippen LogP contribution in [0.2, 0.25) is 0 Å². The lowest BCUT2D eigenvalue weighted by atomic mass is 9.75. The van der Waals surface area contributed by atoms with Crippen LogP contribution in [0.15, 0.2) is 24.3 Å². The zero-order valence-corrected chi connectivity index (χ0v) is 17.2. The number of hydrogen-bond acceptors (Lipinski definition) is 5. The van der Waals surface area contributed by atoms with Crippen LogP contribution in [0.25, 0.3) is 0 Å². The molecule has 0 aromatic heterocycles. The van der Waals surface area contributed by atoms with Gasteiger partial charge in [-0.05, 0) is 43.2 Å². The molecule has 1 saturated carbocycles. The van der Waals surface area contributed by atoms with E-state index in [2.05, 4.69) is 0 Å². The fourth-order valence-electron chi connectivity index (χ4n) is 4.96. The van der Waals surface area contributed by atoms with Gasteiger partial charge in [-0.1, -0.05) is 31.4 Å². The highest BCUT2D eigenvalue weighted by atomic mass is 16.5. The molecule has 0 bridgehead atoms. The molecule has 0 spiro atoms. The summed E-state index contributed by atoms with van der Waals surface area (Å²) in [5.41, 5.74) is 0.801. The number of likely N-dealkylation sites (tertiary alicyclic amines) is 1. The maximum Gasteiger partial charge on any atom is 0.306 e. The van der Waals surface area contributed by atoms with Crippen molar-refractivity contribution in [3.63, 3.8) is 0 Å². The molecular formula is C23H28N2O5. The number of rotatable bonds is 6. The van der Waals surface area contributed by atoms with E-state index in [1.807, 2.05) is 4.90 Å². The van der Waals surface area contributed by atoms with Crippen LogP contribution in [0.5, 0.6) is 0 Å². The van der Waals surface area contributed by atoms with Crippen molar-refractivity contribution in [3.8, 4) is 0 Å². The molecule has 0 unspecified atom stereocenters. The average Bonchev–Trinajstić information content (AvgIpc) is 3.02. The maximum absolute atomic E-state index is 12.4. The van der Waals surface area contributed by atoms with Crippen LogP contribution >= 0.6 is 0 Å². The van der Waals surface area contributed by atoms with Gasteiger partial charge in [0.15, 0.2) is 6.61 Å². The third kappa shape index (κ3) is 4.25. The van der Waals surface area contributed by atoms with Gasteiger partial charge in [0.25, 0.3) is 17.7 Å². The number of nitrogens with zero attached hydrogens (tertiary/aromatic N) is 2. The number of ether oxygens (including phenoxy) is 1. The second-order valence-electron chi connectivity index (χ2n) is 8.50. The second kappa shape index (κ2) is 8.98. The summed E-state index contributed by atoms with van der Waals surface area (Å²) in [7, 11) is 0. The number of carbonyl (C=O) groups excluding carboxylic acids is 4. The number of imide groups is 1. The molecular weight excluding hydrogens is 384 g/mol. The highest BCUT2D eigenvalue weighted by molar-refractivity contribution is 6.21. The van der Waals surface area contributed by atoms with E-state index in [9.17, 15) is 19.2 Å². The Morgan fingerprint density at radius 1 is 0.967 bits per heavy atom. The molecule has 7 heteroatoms. The molecule has 3 aliphatic rings. The first-order chi connectivity index (χ1) is 14.5. The lowest BCUT2D eigenvalue weighted by molar-refractivity contribution is -0.153. The fourth-order valence-corrected chi connectivity index (χ4v) is 4.96. The van der Waals surface area contributed by atoms with E-state index in [1.165, 1.54) is 25.7 Å². The molecule has 2 atom stereocenters. The molecule has 2 fully saturated rings. The number of piperidine rings is 1. The molecule has 0 radical (unpaired) electrons. The molecule has 1 aromatic rings. The predicted molar refractivity (Wildman–Crippen MR) is 109 cm³/mol. The van der Waals surface area contributed by atoms with Crippen LogP contribution in [-0.2, 0) is 14.3 Å². The van der Waals surface area contributed by atoms with E-state index in [-0.39, 0.29) is 37.3 Å². The van der Waals surface area contributed by atoms with E-state index in [4.69, 9.17) is 4.74 Å². The van der Waals surface area contributed by atoms with E-state index < -0.39 is 5.97 Å². The Bertz CT molecular complexity index is 817. The Balaban J connectivity index is 1.17. The Labute approximate surface area is 176 Å². The average molecular weight is 412 g/mol. The maximum atomic E-state index is 12.4. The Morgan fingerprint density at radius 3 is 2.33 bits per heavy atom. The van der Waals surface area contributed by atoms with Crippen LogP contribution < -0.4 is 0 Å². The molecule has 1 aromatic carbocycles. The second-order valence-corrected chi connectivity index (χ2v) is 8.50. The van der Waals surface area contributed by atoms with Gasteiger partial charge < -0.3 is 9.64 Å². The van der Waals surface area contributed by atoms with E-state index in [1.54, 1.807) is 24.3 Å². The fraction of sp³-hybridized carbons (Fsp3) is 0.565. The first kappa shape index (κ1) is 20.6. The SMILES string of the molecule is O=C(CCCN1C(=O)c2ccccc2C1=O)OCC(=O)N1CC[C@@H]2CCCC[C@@H]2C1. The number of fused-ring (bicyclic) bond motifs is 2. The van der Waals surface area contributed by atoms with Crippen molar-refractivity contribution in [2.24, 2.45) is 11.8 Å². The van der Waals surface area contributed by atoms with Crippen LogP contribution in [0.4, 0.5) is 0 Å². The highest BCUT2D eigenvalue weighted by Crippen LogP contribution is 2.36. The van der Waals surface area contributed by atoms with Crippen molar-refractivity contribution in [1.82, 2.24) is 9.80 Å². The molecule has 1 saturated heterocycles. The van der Waals surface area contributed by atoms with Crippen molar-refractivity contribution >= 4 is 23.7 Å². The summed E-state index contributed by atoms with van der Waals surface area (Å²) in [4.78, 5) is 52.1. The Kier molecular flexibility index (Phi) is 6.16.